The van der Waals surface area contributed by atoms with E-state index in [2.05, 4.69) is 38.0 Å². The van der Waals surface area contributed by atoms with Crippen molar-refractivity contribution in [2.24, 2.45) is 5.92 Å². The molecule has 5 aliphatic heterocycles. The standard InChI is InChI=1S/C69H89F3N10O12/c1-41-34-79(50(36-78-27-30-92-39-42(78)2)37-80(41)66(90)94-68(7,8)9)38-57(84)82-40-69(10,52-22-17-45(32-55(52)82)31-44-15-19-48(70)20-16-44)64(88)73-26-23-56(83)74-49-21-18-47-35-81(60(51(47)33-49)62(86)76-59-53(71)13-12-14-54(59)72)63(87)58(46-24-28-91-29-25-46)75-61(85)43(3)77(11)65(89)93-67(4,5)6/h12-22,32-33,41-43,46,50,58,60H,23-31,34-40H2,1-11H3,(H,73,88)(H,74,83)(H,75,85)(H,76,86)/t41-,42-,43+,50+,58+,60+,69-/m1/s1. The predicted octanol–water partition coefficient (Wildman–Crippen LogP) is 7.66. The van der Waals surface area contributed by atoms with Crippen LogP contribution in [0.25, 0.3) is 0 Å². The van der Waals surface area contributed by atoms with Crippen LogP contribution in [-0.2, 0) is 66.1 Å². The number of likely N-dealkylation sites (N-methyl/N-ethyl adjacent to an activating group) is 1. The second-order valence-corrected chi connectivity index (χ2v) is 27.6. The lowest BCUT2D eigenvalue weighted by Gasteiger charge is -2.47. The number of nitrogens with zero attached hydrogens (tertiary/aromatic N) is 6. The molecule has 9 rings (SSSR count). The lowest BCUT2D eigenvalue weighted by atomic mass is 9.83. The van der Waals surface area contributed by atoms with Gasteiger partial charge in [-0.05, 0) is 165 Å². The van der Waals surface area contributed by atoms with Gasteiger partial charge in [-0.25, -0.2) is 22.8 Å². The normalized spacial score (nSPS) is 21.7. The van der Waals surface area contributed by atoms with Crippen LogP contribution in [0.2, 0.25) is 0 Å². The van der Waals surface area contributed by atoms with Gasteiger partial charge >= 0.3 is 12.2 Å². The Kier molecular flexibility index (Phi) is 21.8. The van der Waals surface area contributed by atoms with E-state index >= 15 is 18.4 Å². The second kappa shape index (κ2) is 29.2. The molecule has 5 heterocycles. The molecule has 25 heteroatoms. The molecule has 3 fully saturated rings. The van der Waals surface area contributed by atoms with E-state index in [1.54, 1.807) is 61.8 Å². The fourth-order valence-corrected chi connectivity index (χ4v) is 12.8. The molecule has 4 aromatic carbocycles. The summed E-state index contributed by atoms with van der Waals surface area (Å²) in [5.74, 6) is -6.64. The molecule has 4 N–H and O–H groups in total. The first kappa shape index (κ1) is 70.2. The molecule has 0 spiro atoms. The summed E-state index contributed by atoms with van der Waals surface area (Å²) in [4.78, 5) is 124. The average molecular weight is 1310 g/mol. The average Bonchev–Trinajstić information content (AvgIpc) is 1.59. The fourth-order valence-electron chi connectivity index (χ4n) is 12.8. The molecular formula is C69H89F3N10O12. The van der Waals surface area contributed by atoms with Crippen molar-refractivity contribution in [2.45, 2.75) is 154 Å². The molecule has 3 saturated heterocycles. The van der Waals surface area contributed by atoms with Crippen LogP contribution in [0, 0.1) is 23.4 Å². The minimum Gasteiger partial charge on any atom is -0.444 e. The number of morpholine rings is 1. The number of carbonyl (C=O) groups is 8. The number of fused-ring (bicyclic) bond motifs is 2. The monoisotopic (exact) mass is 1310 g/mol. The minimum atomic E-state index is -1.54. The van der Waals surface area contributed by atoms with E-state index in [1.165, 1.54) is 37.1 Å². The van der Waals surface area contributed by atoms with Crippen LogP contribution in [-0.4, -0.2) is 193 Å². The van der Waals surface area contributed by atoms with Gasteiger partial charge in [-0.2, -0.15) is 0 Å². The number of hydrogen-bond donors (Lipinski definition) is 4. The first-order valence-electron chi connectivity index (χ1n) is 32.2. The molecule has 0 bridgehead atoms. The number of amides is 8. The molecule has 8 amide bonds. The van der Waals surface area contributed by atoms with E-state index < -0.39 is 99.7 Å². The molecule has 22 nitrogen and oxygen atoms in total. The van der Waals surface area contributed by atoms with Crippen molar-refractivity contribution in [3.05, 3.63) is 124 Å². The smallest absolute Gasteiger partial charge is 0.410 e. The Morgan fingerprint density at radius 3 is 2.13 bits per heavy atom. The highest BCUT2D eigenvalue weighted by Gasteiger charge is 2.49. The zero-order chi connectivity index (χ0) is 68.1. The maximum absolute atomic E-state index is 15.2. The highest BCUT2D eigenvalue weighted by Crippen LogP contribution is 2.43. The van der Waals surface area contributed by atoms with Crippen molar-refractivity contribution in [1.29, 1.82) is 0 Å². The third-order valence-electron chi connectivity index (χ3n) is 18.1. The fraction of sp³-hybridized carbons (Fsp3) is 0.536. The third-order valence-corrected chi connectivity index (χ3v) is 18.1. The summed E-state index contributed by atoms with van der Waals surface area (Å²) in [5, 5.41) is 10.9. The number of ether oxygens (including phenoxy) is 4. The summed E-state index contributed by atoms with van der Waals surface area (Å²) in [6, 6.07) is 15.1. The van der Waals surface area contributed by atoms with Crippen LogP contribution < -0.4 is 26.2 Å². The second-order valence-electron chi connectivity index (χ2n) is 27.6. The van der Waals surface area contributed by atoms with E-state index in [-0.39, 0.29) is 86.9 Å². The van der Waals surface area contributed by atoms with E-state index in [9.17, 15) is 33.2 Å². The predicted molar refractivity (Wildman–Crippen MR) is 345 cm³/mol. The van der Waals surface area contributed by atoms with E-state index in [1.807, 2.05) is 45.9 Å². The summed E-state index contributed by atoms with van der Waals surface area (Å²) in [6.07, 6.45) is -0.338. The van der Waals surface area contributed by atoms with Gasteiger partial charge in [0.1, 0.15) is 52.5 Å². The van der Waals surface area contributed by atoms with Crippen molar-refractivity contribution < 1.29 is 70.5 Å². The van der Waals surface area contributed by atoms with E-state index in [0.717, 1.165) is 34.2 Å². The topological polar surface area (TPSA) is 241 Å². The number of anilines is 3. The van der Waals surface area contributed by atoms with Crippen molar-refractivity contribution in [3.63, 3.8) is 0 Å². The largest absolute Gasteiger partial charge is 0.444 e. The van der Waals surface area contributed by atoms with Crippen LogP contribution >= 0.6 is 0 Å². The van der Waals surface area contributed by atoms with Crippen molar-refractivity contribution in [2.75, 3.05) is 94.8 Å². The van der Waals surface area contributed by atoms with Crippen molar-refractivity contribution in [3.8, 4) is 0 Å². The molecule has 0 aromatic heterocycles. The van der Waals surface area contributed by atoms with Crippen LogP contribution in [0.5, 0.6) is 0 Å². The molecule has 7 atom stereocenters. The van der Waals surface area contributed by atoms with Gasteiger partial charge in [0.15, 0.2) is 0 Å². The number of hydrogen-bond acceptors (Lipinski definition) is 14. The highest BCUT2D eigenvalue weighted by atomic mass is 19.1. The zero-order valence-electron chi connectivity index (χ0n) is 55.6. The zero-order valence-corrected chi connectivity index (χ0v) is 55.6. The Morgan fingerprint density at radius 1 is 0.777 bits per heavy atom. The Labute approximate surface area is 547 Å². The molecule has 508 valence electrons. The molecule has 94 heavy (non-hydrogen) atoms. The Hall–Kier alpha value is -8.13. The van der Waals surface area contributed by atoms with Gasteiger partial charge in [0.2, 0.25) is 29.5 Å². The SMILES string of the molecule is C[C@@H]1COCCN1C[C@H]1CN(C(=O)OC(C)(C)C)[C@H](C)CN1CC(=O)N1C[C@@](C)(C(=O)NCCC(=O)Nc2ccc3c(c2)[C@@H](C(=O)Nc2c(F)cccc2F)N(C(=O)[C@@H](NC(=O)[C@H](C)N(C)C(=O)OC(C)(C)C)C2CCOCC2)C3)c2ccc(Cc3ccc(F)cc3)cc21. The summed E-state index contributed by atoms with van der Waals surface area (Å²) < 4.78 is 67.1. The summed E-state index contributed by atoms with van der Waals surface area (Å²) in [6.45, 7) is 20.9. The van der Waals surface area contributed by atoms with Gasteiger partial charge in [-0.15, -0.1) is 0 Å². The Balaban J connectivity index is 0.921. The number of halogens is 3. The molecule has 5 aliphatic rings. The molecule has 0 unspecified atom stereocenters. The molecule has 0 saturated carbocycles. The first-order chi connectivity index (χ1) is 44.4. The minimum absolute atomic E-state index is 0.0347. The van der Waals surface area contributed by atoms with Crippen molar-refractivity contribution in [1.82, 2.24) is 35.1 Å². The van der Waals surface area contributed by atoms with Crippen molar-refractivity contribution >= 4 is 64.7 Å². The lowest BCUT2D eigenvalue weighted by molar-refractivity contribution is -0.144. The van der Waals surface area contributed by atoms with Crippen LogP contribution in [0.15, 0.2) is 78.9 Å². The van der Waals surface area contributed by atoms with Crippen LogP contribution in [0.4, 0.5) is 39.8 Å². The van der Waals surface area contributed by atoms with Crippen LogP contribution in [0.3, 0.4) is 0 Å². The van der Waals surface area contributed by atoms with E-state index in [4.69, 9.17) is 18.9 Å². The van der Waals surface area contributed by atoms with Gasteiger partial charge in [-0.3, -0.25) is 43.5 Å². The van der Waals surface area contributed by atoms with Gasteiger partial charge in [0.25, 0.3) is 5.91 Å². The molecule has 0 radical (unpaired) electrons. The Bertz CT molecular complexity index is 3470. The van der Waals surface area contributed by atoms with Gasteiger partial charge in [0, 0.05) is 102 Å². The maximum Gasteiger partial charge on any atom is 0.410 e. The number of piperazine rings is 1. The number of nitrogens with one attached hydrogen (secondary N) is 4. The van der Waals surface area contributed by atoms with Gasteiger partial charge in [0.05, 0.1) is 25.2 Å². The first-order valence-corrected chi connectivity index (χ1v) is 32.2. The van der Waals surface area contributed by atoms with Gasteiger partial charge in [-0.1, -0.05) is 36.4 Å². The third kappa shape index (κ3) is 16.7. The Morgan fingerprint density at radius 2 is 1.46 bits per heavy atom. The molecule has 0 aliphatic carbocycles. The number of para-hydroxylation sites is 1. The molecular weight excluding hydrogens is 1220 g/mol. The lowest BCUT2D eigenvalue weighted by Crippen LogP contribution is -2.64. The quantitative estimate of drug-likeness (QED) is 0.0748. The number of rotatable bonds is 18. The van der Waals surface area contributed by atoms with Gasteiger partial charge < -0.3 is 54.9 Å². The van der Waals surface area contributed by atoms with Crippen LogP contribution in [0.1, 0.15) is 122 Å². The number of carbonyl (C=O) groups excluding carboxylic acids is 8. The maximum atomic E-state index is 15.2. The summed E-state index contributed by atoms with van der Waals surface area (Å²) in [5.41, 5.74) is -0.0186. The molecule has 4 aromatic rings. The summed E-state index contributed by atoms with van der Waals surface area (Å²) in [7, 11) is 1.39. The summed E-state index contributed by atoms with van der Waals surface area (Å²) >= 11 is 0. The van der Waals surface area contributed by atoms with E-state index in [0.29, 0.717) is 75.5 Å². The number of benzene rings is 4. The highest BCUT2D eigenvalue weighted by molar-refractivity contribution is 6.04.